The first-order chi connectivity index (χ1) is 18.2. The number of pyridine rings is 1. The van der Waals surface area contributed by atoms with Crippen molar-refractivity contribution in [1.29, 1.82) is 0 Å². The third-order valence-corrected chi connectivity index (χ3v) is 6.39. The molecule has 0 spiro atoms. The van der Waals surface area contributed by atoms with Gasteiger partial charge in [0.05, 0.1) is 31.5 Å². The lowest BCUT2D eigenvalue weighted by atomic mass is 10.1. The second-order valence-electron chi connectivity index (χ2n) is 9.06. The van der Waals surface area contributed by atoms with Crippen molar-refractivity contribution in [3.05, 3.63) is 90.5 Å². The van der Waals surface area contributed by atoms with Gasteiger partial charge in [0.15, 0.2) is 0 Å². The minimum absolute atomic E-state index is 0.0589. The highest BCUT2D eigenvalue weighted by Crippen LogP contribution is 2.30. The normalized spacial score (nSPS) is 13.9. The van der Waals surface area contributed by atoms with E-state index in [1.165, 1.54) is 0 Å². The second kappa shape index (κ2) is 11.8. The van der Waals surface area contributed by atoms with E-state index in [2.05, 4.69) is 20.3 Å². The van der Waals surface area contributed by atoms with Crippen LogP contribution in [0.3, 0.4) is 0 Å². The lowest BCUT2D eigenvalue weighted by molar-refractivity contribution is -0.115. The number of ether oxygens (including phenoxy) is 2. The number of hydrogen-bond donors (Lipinski definition) is 1. The lowest BCUT2D eigenvalue weighted by Crippen LogP contribution is -2.38. The Balaban J connectivity index is 1.28. The van der Waals surface area contributed by atoms with E-state index in [1.54, 1.807) is 12.4 Å². The molecule has 0 unspecified atom stereocenters. The van der Waals surface area contributed by atoms with Crippen LogP contribution in [0.5, 0.6) is 5.75 Å². The predicted octanol–water partition coefficient (Wildman–Crippen LogP) is 4.13. The summed E-state index contributed by atoms with van der Waals surface area (Å²) in [6.07, 6.45) is 7.64. The van der Waals surface area contributed by atoms with Gasteiger partial charge in [-0.05, 0) is 36.2 Å². The molecule has 1 aliphatic rings. The van der Waals surface area contributed by atoms with Crippen LogP contribution in [0.1, 0.15) is 11.1 Å². The van der Waals surface area contributed by atoms with E-state index >= 15 is 0 Å². The summed E-state index contributed by atoms with van der Waals surface area (Å²) in [7, 11) is 0. The van der Waals surface area contributed by atoms with Crippen LogP contribution in [-0.4, -0.2) is 65.0 Å². The van der Waals surface area contributed by atoms with Crippen LogP contribution in [-0.2, 0) is 16.0 Å². The predicted molar refractivity (Wildman–Crippen MR) is 143 cm³/mol. The molecule has 0 saturated carbocycles. The number of carbonyl (C=O) groups is 1. The summed E-state index contributed by atoms with van der Waals surface area (Å²) in [6, 6.07) is 17.4. The molecule has 3 heterocycles. The molecule has 190 valence electrons. The van der Waals surface area contributed by atoms with Gasteiger partial charge in [0.1, 0.15) is 12.4 Å². The van der Waals surface area contributed by atoms with E-state index in [9.17, 15) is 4.79 Å². The highest BCUT2D eigenvalue weighted by atomic mass is 16.5. The molecule has 5 rings (SSSR count). The Kier molecular flexibility index (Phi) is 7.88. The van der Waals surface area contributed by atoms with Crippen LogP contribution in [0.25, 0.3) is 16.8 Å². The number of benzene rings is 2. The fraction of sp³-hybridized carbons (Fsp3) is 0.276. The van der Waals surface area contributed by atoms with Gasteiger partial charge in [-0.25, -0.2) is 4.68 Å². The van der Waals surface area contributed by atoms with Crippen molar-refractivity contribution < 1.29 is 14.3 Å². The number of rotatable bonds is 9. The number of anilines is 1. The first kappa shape index (κ1) is 24.7. The van der Waals surface area contributed by atoms with Gasteiger partial charge in [0, 0.05) is 55.0 Å². The van der Waals surface area contributed by atoms with Crippen molar-refractivity contribution in [2.75, 3.05) is 44.8 Å². The summed E-state index contributed by atoms with van der Waals surface area (Å²) in [5.74, 6) is 0.720. The van der Waals surface area contributed by atoms with Crippen molar-refractivity contribution in [3.8, 4) is 22.6 Å². The number of nitrogens with one attached hydrogen (secondary N) is 1. The van der Waals surface area contributed by atoms with E-state index in [0.717, 1.165) is 72.2 Å². The molecule has 2 aromatic carbocycles. The third-order valence-electron chi connectivity index (χ3n) is 6.39. The molecule has 1 N–H and O–H groups in total. The number of hydrogen-bond acceptors (Lipinski definition) is 6. The van der Waals surface area contributed by atoms with Crippen molar-refractivity contribution in [3.63, 3.8) is 0 Å². The van der Waals surface area contributed by atoms with Gasteiger partial charge < -0.3 is 14.8 Å². The zero-order valence-electron chi connectivity index (χ0n) is 21.0. The molecular formula is C29H31N5O3. The SMILES string of the molecule is Cc1ccc(NC(=O)Cc2ccccc2)cc1-n1cc(-c2cnccc2OCCN2CCOCC2)cn1. The second-order valence-corrected chi connectivity index (χ2v) is 9.06. The largest absolute Gasteiger partial charge is 0.491 e. The van der Waals surface area contributed by atoms with Crippen molar-refractivity contribution in [2.24, 2.45) is 0 Å². The quantitative estimate of drug-likeness (QED) is 0.374. The minimum atomic E-state index is -0.0589. The van der Waals surface area contributed by atoms with E-state index in [-0.39, 0.29) is 5.91 Å². The van der Waals surface area contributed by atoms with Gasteiger partial charge in [-0.2, -0.15) is 5.10 Å². The zero-order valence-corrected chi connectivity index (χ0v) is 21.0. The van der Waals surface area contributed by atoms with Gasteiger partial charge in [-0.1, -0.05) is 36.4 Å². The van der Waals surface area contributed by atoms with Gasteiger partial charge in [-0.15, -0.1) is 0 Å². The standard InChI is InChI=1S/C29H31N5O3/c1-22-7-8-25(32-29(35)17-23-5-3-2-4-6-23)18-27(22)34-21-24(19-31-34)26-20-30-10-9-28(26)37-16-13-33-11-14-36-15-12-33/h2-10,18-21H,11-17H2,1H3,(H,32,35). The Labute approximate surface area is 216 Å². The molecule has 8 heteroatoms. The van der Waals surface area contributed by atoms with Gasteiger partial charge >= 0.3 is 0 Å². The molecule has 1 amide bonds. The van der Waals surface area contributed by atoms with Gasteiger partial charge in [0.2, 0.25) is 5.91 Å². The van der Waals surface area contributed by atoms with Crippen molar-refractivity contribution in [2.45, 2.75) is 13.3 Å². The van der Waals surface area contributed by atoms with Crippen molar-refractivity contribution in [1.82, 2.24) is 19.7 Å². The number of carbonyl (C=O) groups excluding carboxylic acids is 1. The molecule has 8 nitrogen and oxygen atoms in total. The Morgan fingerprint density at radius 1 is 1.08 bits per heavy atom. The van der Waals surface area contributed by atoms with Crippen molar-refractivity contribution >= 4 is 11.6 Å². The van der Waals surface area contributed by atoms with Crippen LogP contribution in [0, 0.1) is 6.92 Å². The Hall–Kier alpha value is -4.01. The third kappa shape index (κ3) is 6.41. The highest BCUT2D eigenvalue weighted by Gasteiger charge is 2.14. The number of aryl methyl sites for hydroxylation is 1. The topological polar surface area (TPSA) is 81.5 Å². The van der Waals surface area contributed by atoms with E-state index in [4.69, 9.17) is 9.47 Å². The van der Waals surface area contributed by atoms with E-state index in [1.807, 2.05) is 78.6 Å². The van der Waals surface area contributed by atoms with Gasteiger partial charge in [0.25, 0.3) is 0 Å². The van der Waals surface area contributed by atoms with E-state index in [0.29, 0.717) is 13.0 Å². The zero-order chi connectivity index (χ0) is 25.5. The van der Waals surface area contributed by atoms with Crippen LogP contribution in [0.4, 0.5) is 5.69 Å². The summed E-state index contributed by atoms with van der Waals surface area (Å²) in [5.41, 5.74) is 5.44. The number of amides is 1. The molecule has 1 aliphatic heterocycles. The lowest BCUT2D eigenvalue weighted by Gasteiger charge is -2.26. The smallest absolute Gasteiger partial charge is 0.228 e. The molecule has 0 aliphatic carbocycles. The molecule has 4 aromatic rings. The van der Waals surface area contributed by atoms with Crippen LogP contribution in [0.15, 0.2) is 79.4 Å². The monoisotopic (exact) mass is 497 g/mol. The molecule has 0 atom stereocenters. The molecule has 2 aromatic heterocycles. The number of nitrogens with zero attached hydrogens (tertiary/aromatic N) is 4. The average molecular weight is 498 g/mol. The first-order valence-electron chi connectivity index (χ1n) is 12.5. The Morgan fingerprint density at radius 3 is 2.76 bits per heavy atom. The Morgan fingerprint density at radius 2 is 1.92 bits per heavy atom. The minimum Gasteiger partial charge on any atom is -0.491 e. The average Bonchev–Trinajstić information content (AvgIpc) is 3.41. The first-order valence-corrected chi connectivity index (χ1v) is 12.5. The molecule has 0 bridgehead atoms. The molecule has 0 radical (unpaired) electrons. The maximum absolute atomic E-state index is 12.6. The summed E-state index contributed by atoms with van der Waals surface area (Å²) in [6.45, 7) is 6.89. The fourth-order valence-corrected chi connectivity index (χ4v) is 4.35. The summed E-state index contributed by atoms with van der Waals surface area (Å²) in [5, 5.41) is 7.61. The molecule has 37 heavy (non-hydrogen) atoms. The molecule has 1 fully saturated rings. The summed E-state index contributed by atoms with van der Waals surface area (Å²) < 4.78 is 13.4. The number of morpholine rings is 1. The van der Waals surface area contributed by atoms with Crippen LogP contribution in [0.2, 0.25) is 0 Å². The van der Waals surface area contributed by atoms with Crippen LogP contribution >= 0.6 is 0 Å². The fourth-order valence-electron chi connectivity index (χ4n) is 4.35. The van der Waals surface area contributed by atoms with Gasteiger partial charge in [-0.3, -0.25) is 14.7 Å². The molecular weight excluding hydrogens is 466 g/mol. The number of aromatic nitrogens is 3. The van der Waals surface area contributed by atoms with E-state index < -0.39 is 0 Å². The Bertz CT molecular complexity index is 1330. The maximum Gasteiger partial charge on any atom is 0.228 e. The summed E-state index contributed by atoms with van der Waals surface area (Å²) in [4.78, 5) is 19.2. The highest BCUT2D eigenvalue weighted by molar-refractivity contribution is 5.92. The molecule has 1 saturated heterocycles. The summed E-state index contributed by atoms with van der Waals surface area (Å²) >= 11 is 0. The van der Waals surface area contributed by atoms with Crippen LogP contribution < -0.4 is 10.1 Å². The maximum atomic E-state index is 12.6.